The van der Waals surface area contributed by atoms with E-state index < -0.39 is 0 Å². The lowest BCUT2D eigenvalue weighted by molar-refractivity contribution is -0.120. The number of morpholine rings is 1. The van der Waals surface area contributed by atoms with Crippen LogP contribution in [0.2, 0.25) is 0 Å². The molecule has 1 amide bonds. The van der Waals surface area contributed by atoms with Gasteiger partial charge in [0.15, 0.2) is 0 Å². The van der Waals surface area contributed by atoms with Crippen molar-refractivity contribution in [1.29, 1.82) is 0 Å². The van der Waals surface area contributed by atoms with Gasteiger partial charge in [0.2, 0.25) is 5.91 Å². The number of carbonyl (C=O) groups is 1. The third-order valence-electron chi connectivity index (χ3n) is 2.57. The quantitative estimate of drug-likeness (QED) is 0.574. The minimum atomic E-state index is 0.0869. The molecule has 0 unspecified atom stereocenters. The van der Waals surface area contributed by atoms with Gasteiger partial charge in [-0.2, -0.15) is 0 Å². The summed E-state index contributed by atoms with van der Waals surface area (Å²) in [6.45, 7) is 8.76. The van der Waals surface area contributed by atoms with Gasteiger partial charge in [-0.05, 0) is 6.42 Å². The molecule has 2 N–H and O–H groups in total. The lowest BCUT2D eigenvalue weighted by Gasteiger charge is -2.26. The molecule has 0 atom stereocenters. The van der Waals surface area contributed by atoms with Crippen LogP contribution in [-0.2, 0) is 9.53 Å². The Morgan fingerprint density at radius 2 is 2.06 bits per heavy atom. The van der Waals surface area contributed by atoms with E-state index in [0.29, 0.717) is 6.54 Å². The standard InChI is InChI=1S/C11H23N3O2/c1-2-3-13-11(15)10-12-4-5-14-6-8-16-9-7-14/h12H,2-10H2,1H3,(H,13,15). The molecule has 1 saturated heterocycles. The van der Waals surface area contributed by atoms with E-state index in [1.54, 1.807) is 0 Å². The van der Waals surface area contributed by atoms with Gasteiger partial charge in [0.1, 0.15) is 0 Å². The van der Waals surface area contributed by atoms with Crippen molar-refractivity contribution in [3.8, 4) is 0 Å². The van der Waals surface area contributed by atoms with Gasteiger partial charge in [0, 0.05) is 32.7 Å². The second kappa shape index (κ2) is 8.50. The molecule has 5 heteroatoms. The summed E-state index contributed by atoms with van der Waals surface area (Å²) in [5.41, 5.74) is 0. The van der Waals surface area contributed by atoms with Crippen LogP contribution in [-0.4, -0.2) is 63.3 Å². The van der Waals surface area contributed by atoms with E-state index in [1.165, 1.54) is 0 Å². The fourth-order valence-corrected chi connectivity index (χ4v) is 1.59. The Balaban J connectivity index is 1.92. The second-order valence-corrected chi connectivity index (χ2v) is 3.98. The summed E-state index contributed by atoms with van der Waals surface area (Å²) < 4.78 is 5.26. The number of carbonyl (C=O) groups excluding carboxylic acids is 1. The lowest BCUT2D eigenvalue weighted by atomic mass is 10.4. The van der Waals surface area contributed by atoms with Gasteiger partial charge in [-0.25, -0.2) is 0 Å². The normalized spacial score (nSPS) is 17.3. The number of nitrogens with zero attached hydrogens (tertiary/aromatic N) is 1. The predicted octanol–water partition coefficient (Wildman–Crippen LogP) is -0.566. The molecule has 1 aliphatic rings. The van der Waals surface area contributed by atoms with Crippen LogP contribution in [0.5, 0.6) is 0 Å². The van der Waals surface area contributed by atoms with Crippen molar-refractivity contribution in [2.75, 3.05) is 52.5 Å². The number of hydrogen-bond donors (Lipinski definition) is 2. The maximum Gasteiger partial charge on any atom is 0.233 e. The molecule has 0 aromatic carbocycles. The van der Waals surface area contributed by atoms with Crippen LogP contribution in [0, 0.1) is 0 Å². The van der Waals surface area contributed by atoms with Crippen LogP contribution in [0.4, 0.5) is 0 Å². The molecule has 5 nitrogen and oxygen atoms in total. The monoisotopic (exact) mass is 229 g/mol. The van der Waals surface area contributed by atoms with Gasteiger partial charge < -0.3 is 15.4 Å². The summed E-state index contributed by atoms with van der Waals surface area (Å²) in [5, 5.41) is 5.98. The highest BCUT2D eigenvalue weighted by molar-refractivity contribution is 5.77. The molecule has 0 aliphatic carbocycles. The molecule has 0 spiro atoms. The number of nitrogens with one attached hydrogen (secondary N) is 2. The second-order valence-electron chi connectivity index (χ2n) is 3.98. The lowest BCUT2D eigenvalue weighted by Crippen LogP contribution is -2.42. The SMILES string of the molecule is CCCNC(=O)CNCCN1CCOCC1. The summed E-state index contributed by atoms with van der Waals surface area (Å²) in [6, 6.07) is 0. The fourth-order valence-electron chi connectivity index (χ4n) is 1.59. The van der Waals surface area contributed by atoms with Crippen LogP contribution in [0.1, 0.15) is 13.3 Å². The van der Waals surface area contributed by atoms with Crippen molar-refractivity contribution in [2.45, 2.75) is 13.3 Å². The smallest absolute Gasteiger partial charge is 0.233 e. The first-order valence-electron chi connectivity index (χ1n) is 6.10. The highest BCUT2D eigenvalue weighted by atomic mass is 16.5. The maximum atomic E-state index is 11.2. The van der Waals surface area contributed by atoms with Crippen molar-refractivity contribution in [3.05, 3.63) is 0 Å². The Morgan fingerprint density at radius 3 is 2.75 bits per heavy atom. The van der Waals surface area contributed by atoms with Crippen LogP contribution in [0.25, 0.3) is 0 Å². The molecule has 0 saturated carbocycles. The molecule has 16 heavy (non-hydrogen) atoms. The Kier molecular flexibility index (Phi) is 7.12. The minimum Gasteiger partial charge on any atom is -0.379 e. The van der Waals surface area contributed by atoms with Crippen molar-refractivity contribution in [2.24, 2.45) is 0 Å². The summed E-state index contributed by atoms with van der Waals surface area (Å²) in [5.74, 6) is 0.0869. The Morgan fingerprint density at radius 1 is 1.31 bits per heavy atom. The molecule has 0 bridgehead atoms. The van der Waals surface area contributed by atoms with Crippen molar-refractivity contribution in [3.63, 3.8) is 0 Å². The van der Waals surface area contributed by atoms with E-state index in [0.717, 1.165) is 52.4 Å². The van der Waals surface area contributed by atoms with E-state index in [2.05, 4.69) is 15.5 Å². The molecule has 94 valence electrons. The zero-order chi connectivity index (χ0) is 11.6. The van der Waals surface area contributed by atoms with E-state index in [4.69, 9.17) is 4.74 Å². The topological polar surface area (TPSA) is 53.6 Å². The van der Waals surface area contributed by atoms with Gasteiger partial charge >= 0.3 is 0 Å². The molecule has 1 aliphatic heterocycles. The Hall–Kier alpha value is -0.650. The van der Waals surface area contributed by atoms with E-state index >= 15 is 0 Å². The number of rotatable bonds is 7. The molecule has 0 radical (unpaired) electrons. The Bertz CT molecular complexity index is 194. The van der Waals surface area contributed by atoms with Gasteiger partial charge in [-0.15, -0.1) is 0 Å². The first kappa shape index (κ1) is 13.4. The van der Waals surface area contributed by atoms with Crippen molar-refractivity contribution < 1.29 is 9.53 Å². The largest absolute Gasteiger partial charge is 0.379 e. The average molecular weight is 229 g/mol. The summed E-state index contributed by atoms with van der Waals surface area (Å²) in [7, 11) is 0. The molecular weight excluding hydrogens is 206 g/mol. The Labute approximate surface area is 97.5 Å². The third-order valence-corrected chi connectivity index (χ3v) is 2.57. The summed E-state index contributed by atoms with van der Waals surface area (Å²) >= 11 is 0. The van der Waals surface area contributed by atoms with E-state index in [1.807, 2.05) is 6.92 Å². The molecular formula is C11H23N3O2. The van der Waals surface area contributed by atoms with Gasteiger partial charge in [0.25, 0.3) is 0 Å². The average Bonchev–Trinajstić information content (AvgIpc) is 2.33. The third kappa shape index (κ3) is 6.05. The molecule has 0 aromatic rings. The maximum absolute atomic E-state index is 11.2. The minimum absolute atomic E-state index is 0.0869. The zero-order valence-electron chi connectivity index (χ0n) is 10.1. The van der Waals surface area contributed by atoms with Crippen LogP contribution < -0.4 is 10.6 Å². The summed E-state index contributed by atoms with van der Waals surface area (Å²) in [6.07, 6.45) is 0.986. The molecule has 1 rings (SSSR count). The highest BCUT2D eigenvalue weighted by Crippen LogP contribution is 1.94. The van der Waals surface area contributed by atoms with E-state index in [9.17, 15) is 4.79 Å². The zero-order valence-corrected chi connectivity index (χ0v) is 10.1. The number of ether oxygens (including phenoxy) is 1. The molecule has 1 fully saturated rings. The first-order chi connectivity index (χ1) is 7.83. The van der Waals surface area contributed by atoms with Gasteiger partial charge in [-0.1, -0.05) is 6.92 Å². The van der Waals surface area contributed by atoms with Gasteiger partial charge in [-0.3, -0.25) is 9.69 Å². The van der Waals surface area contributed by atoms with Crippen molar-refractivity contribution >= 4 is 5.91 Å². The van der Waals surface area contributed by atoms with Crippen LogP contribution >= 0.6 is 0 Å². The predicted molar refractivity (Wildman–Crippen MR) is 63.4 cm³/mol. The van der Waals surface area contributed by atoms with Crippen LogP contribution in [0.15, 0.2) is 0 Å². The molecule has 0 aromatic heterocycles. The van der Waals surface area contributed by atoms with Crippen LogP contribution in [0.3, 0.4) is 0 Å². The number of hydrogen-bond acceptors (Lipinski definition) is 4. The number of amides is 1. The van der Waals surface area contributed by atoms with Crippen molar-refractivity contribution in [1.82, 2.24) is 15.5 Å². The molecule has 1 heterocycles. The summed E-state index contributed by atoms with van der Waals surface area (Å²) in [4.78, 5) is 13.6. The van der Waals surface area contributed by atoms with E-state index in [-0.39, 0.29) is 5.91 Å². The van der Waals surface area contributed by atoms with Gasteiger partial charge in [0.05, 0.1) is 19.8 Å². The first-order valence-corrected chi connectivity index (χ1v) is 6.10. The fraction of sp³-hybridized carbons (Fsp3) is 0.909. The highest BCUT2D eigenvalue weighted by Gasteiger charge is 2.09.